The lowest BCUT2D eigenvalue weighted by molar-refractivity contribution is 1.06. The molecule has 0 aliphatic carbocycles. The molecule has 0 amide bonds. The first kappa shape index (κ1) is 13.0. The summed E-state index contributed by atoms with van der Waals surface area (Å²) < 4.78 is 0. The van der Waals surface area contributed by atoms with Gasteiger partial charge in [0.1, 0.15) is 0 Å². The van der Waals surface area contributed by atoms with E-state index in [4.69, 9.17) is 5.73 Å². The number of hydrogen-bond donors (Lipinski definition) is 1. The van der Waals surface area contributed by atoms with Crippen LogP contribution < -0.4 is 5.73 Å². The smallest absolute Gasteiger partial charge is 0.0882 e. The zero-order valence-corrected chi connectivity index (χ0v) is 11.0. The minimum Gasteiger partial charge on any atom is -0.402 e. The van der Waals surface area contributed by atoms with Gasteiger partial charge in [0.05, 0.1) is 18.0 Å². The predicted molar refractivity (Wildman–Crippen MR) is 78.9 cm³/mol. The molecule has 0 fully saturated rings. The van der Waals surface area contributed by atoms with Crippen LogP contribution in [0.25, 0.3) is 0 Å². The summed E-state index contributed by atoms with van der Waals surface area (Å²) in [5.74, 6) is 0. The minimum absolute atomic E-state index is 0.622. The fraction of sp³-hybridized carbons (Fsp3) is 0.125. The van der Waals surface area contributed by atoms with Crippen LogP contribution in [0.1, 0.15) is 18.2 Å². The number of nitrogens with two attached hydrogens (primary N) is 1. The van der Waals surface area contributed by atoms with Crippen molar-refractivity contribution in [1.29, 1.82) is 0 Å². The van der Waals surface area contributed by atoms with Gasteiger partial charge in [-0.05, 0) is 30.7 Å². The molecule has 0 saturated carbocycles. The maximum atomic E-state index is 5.75. The summed E-state index contributed by atoms with van der Waals surface area (Å²) in [6.07, 6.45) is 3.61. The van der Waals surface area contributed by atoms with Gasteiger partial charge in [-0.15, -0.1) is 0 Å². The van der Waals surface area contributed by atoms with Crippen LogP contribution in [0.2, 0.25) is 0 Å². The summed E-state index contributed by atoms with van der Waals surface area (Å²) in [4.78, 5) is 8.92. The number of nitrogens with zero attached hydrogens (tertiary/aromatic N) is 2. The van der Waals surface area contributed by atoms with Crippen LogP contribution >= 0.6 is 0 Å². The Morgan fingerprint density at radius 1 is 1.16 bits per heavy atom. The Hall–Kier alpha value is -2.42. The second kappa shape index (κ2) is 6.50. The molecular weight excluding hydrogens is 234 g/mol. The highest BCUT2D eigenvalue weighted by atomic mass is 14.8. The molecule has 2 rings (SSSR count). The van der Waals surface area contributed by atoms with Gasteiger partial charge in [0, 0.05) is 11.9 Å². The van der Waals surface area contributed by atoms with Crippen molar-refractivity contribution in [3.63, 3.8) is 0 Å². The number of aromatic nitrogens is 1. The van der Waals surface area contributed by atoms with Gasteiger partial charge in [-0.25, -0.2) is 0 Å². The molecule has 2 N–H and O–H groups in total. The largest absolute Gasteiger partial charge is 0.402 e. The monoisotopic (exact) mass is 251 g/mol. The third-order valence-electron chi connectivity index (χ3n) is 2.57. The molecule has 3 heteroatoms. The third kappa shape index (κ3) is 4.07. The van der Waals surface area contributed by atoms with Gasteiger partial charge in [-0.3, -0.25) is 9.98 Å². The van der Waals surface area contributed by atoms with E-state index in [0.717, 1.165) is 17.1 Å². The van der Waals surface area contributed by atoms with Gasteiger partial charge in [0.15, 0.2) is 0 Å². The molecule has 0 aliphatic heterocycles. The second-order valence-corrected chi connectivity index (χ2v) is 4.29. The van der Waals surface area contributed by atoms with E-state index in [1.54, 1.807) is 6.20 Å². The van der Waals surface area contributed by atoms with Crippen LogP contribution in [-0.2, 0) is 6.54 Å². The average Bonchev–Trinajstić information content (AvgIpc) is 2.45. The van der Waals surface area contributed by atoms with Crippen molar-refractivity contribution >= 4 is 5.71 Å². The van der Waals surface area contributed by atoms with E-state index in [1.807, 2.05) is 49.4 Å². The van der Waals surface area contributed by atoms with Crippen molar-refractivity contribution in [3.8, 4) is 0 Å². The summed E-state index contributed by atoms with van der Waals surface area (Å²) in [6, 6.07) is 15.9. The highest BCUT2D eigenvalue weighted by Crippen LogP contribution is 2.05. The van der Waals surface area contributed by atoms with E-state index in [9.17, 15) is 0 Å². The van der Waals surface area contributed by atoms with Gasteiger partial charge < -0.3 is 5.73 Å². The predicted octanol–water partition coefficient (Wildman–Crippen LogP) is 2.93. The Bertz CT molecular complexity index is 567. The highest BCUT2D eigenvalue weighted by molar-refractivity contribution is 6.07. The zero-order chi connectivity index (χ0) is 13.5. The Labute approximate surface area is 113 Å². The molecule has 0 spiro atoms. The van der Waals surface area contributed by atoms with E-state index in [1.165, 1.54) is 5.56 Å². The summed E-state index contributed by atoms with van der Waals surface area (Å²) in [6.45, 7) is 2.47. The maximum Gasteiger partial charge on any atom is 0.0882 e. The average molecular weight is 251 g/mol. The number of allylic oxidation sites excluding steroid dienone is 2. The lowest BCUT2D eigenvalue weighted by Gasteiger charge is -2.03. The SMILES string of the molecule is C/C(N)=C/C(=NCc1ccccc1)c1ccccn1. The normalized spacial score (nSPS) is 12.5. The summed E-state index contributed by atoms with van der Waals surface area (Å²) in [7, 11) is 0. The van der Waals surface area contributed by atoms with Crippen LogP contribution in [-0.4, -0.2) is 10.7 Å². The molecule has 1 aromatic carbocycles. The third-order valence-corrected chi connectivity index (χ3v) is 2.57. The van der Waals surface area contributed by atoms with Crippen molar-refractivity contribution in [1.82, 2.24) is 4.98 Å². The number of rotatable bonds is 4. The van der Waals surface area contributed by atoms with Crippen molar-refractivity contribution in [3.05, 3.63) is 77.8 Å². The van der Waals surface area contributed by atoms with Crippen LogP contribution in [0.3, 0.4) is 0 Å². The first-order valence-electron chi connectivity index (χ1n) is 6.19. The van der Waals surface area contributed by atoms with E-state index < -0.39 is 0 Å². The summed E-state index contributed by atoms with van der Waals surface area (Å²) in [5.41, 5.74) is 9.28. The van der Waals surface area contributed by atoms with Gasteiger partial charge in [-0.1, -0.05) is 36.4 Å². The maximum absolute atomic E-state index is 5.75. The first-order valence-corrected chi connectivity index (χ1v) is 6.19. The van der Waals surface area contributed by atoms with E-state index in [2.05, 4.69) is 22.1 Å². The lowest BCUT2D eigenvalue weighted by atomic mass is 10.2. The molecule has 19 heavy (non-hydrogen) atoms. The van der Waals surface area contributed by atoms with Crippen molar-refractivity contribution in [2.24, 2.45) is 10.7 Å². The molecule has 0 aliphatic rings. The number of hydrogen-bond acceptors (Lipinski definition) is 3. The molecule has 96 valence electrons. The molecule has 0 unspecified atom stereocenters. The molecule has 0 bridgehead atoms. The van der Waals surface area contributed by atoms with Crippen LogP contribution in [0.15, 0.2) is 71.5 Å². The van der Waals surface area contributed by atoms with E-state index in [-0.39, 0.29) is 0 Å². The topological polar surface area (TPSA) is 51.3 Å². The standard InChI is InChI=1S/C16H17N3/c1-13(17)11-16(15-9-5-6-10-18-15)19-12-14-7-3-2-4-8-14/h2-11H,12,17H2,1H3/b13-11-,19-16?. The fourth-order valence-electron chi connectivity index (χ4n) is 1.69. The van der Waals surface area contributed by atoms with Crippen LogP contribution in [0.4, 0.5) is 0 Å². The molecule has 1 aromatic heterocycles. The Balaban J connectivity index is 2.26. The number of benzene rings is 1. The van der Waals surface area contributed by atoms with Crippen molar-refractivity contribution in [2.45, 2.75) is 13.5 Å². The molecule has 2 aromatic rings. The summed E-state index contributed by atoms with van der Waals surface area (Å²) in [5, 5.41) is 0. The Morgan fingerprint density at radius 2 is 1.89 bits per heavy atom. The first-order chi connectivity index (χ1) is 9.25. The van der Waals surface area contributed by atoms with E-state index >= 15 is 0 Å². The van der Waals surface area contributed by atoms with Crippen LogP contribution in [0.5, 0.6) is 0 Å². The fourth-order valence-corrected chi connectivity index (χ4v) is 1.69. The highest BCUT2D eigenvalue weighted by Gasteiger charge is 2.01. The molecule has 3 nitrogen and oxygen atoms in total. The van der Waals surface area contributed by atoms with Gasteiger partial charge >= 0.3 is 0 Å². The lowest BCUT2D eigenvalue weighted by Crippen LogP contribution is -2.04. The summed E-state index contributed by atoms with van der Waals surface area (Å²) >= 11 is 0. The van der Waals surface area contributed by atoms with Crippen LogP contribution in [0, 0.1) is 0 Å². The molecule has 0 radical (unpaired) electrons. The molecule has 0 atom stereocenters. The number of aliphatic imine (C=N–C) groups is 1. The van der Waals surface area contributed by atoms with Gasteiger partial charge in [0.2, 0.25) is 0 Å². The van der Waals surface area contributed by atoms with Gasteiger partial charge in [-0.2, -0.15) is 0 Å². The minimum atomic E-state index is 0.622. The van der Waals surface area contributed by atoms with E-state index in [0.29, 0.717) is 6.54 Å². The zero-order valence-electron chi connectivity index (χ0n) is 11.0. The number of pyridine rings is 1. The quantitative estimate of drug-likeness (QED) is 0.849. The van der Waals surface area contributed by atoms with Crippen molar-refractivity contribution < 1.29 is 0 Å². The second-order valence-electron chi connectivity index (χ2n) is 4.29. The van der Waals surface area contributed by atoms with Crippen molar-refractivity contribution in [2.75, 3.05) is 0 Å². The molecular formula is C16H17N3. The molecule has 1 heterocycles. The molecule has 0 saturated heterocycles. The van der Waals surface area contributed by atoms with Gasteiger partial charge in [0.25, 0.3) is 0 Å². The Kier molecular flexibility index (Phi) is 4.45. The Morgan fingerprint density at radius 3 is 2.53 bits per heavy atom.